The highest BCUT2D eigenvalue weighted by atomic mass is 16.4. The number of hydrogen-bond donors (Lipinski definition) is 3. The van der Waals surface area contributed by atoms with Crippen LogP contribution in [0, 0.1) is 0 Å². The van der Waals surface area contributed by atoms with E-state index in [0.29, 0.717) is 0 Å². The van der Waals surface area contributed by atoms with Crippen LogP contribution in [0.1, 0.15) is 50.1 Å². The molecule has 0 aromatic carbocycles. The molecule has 4 N–H and O–H groups in total. The van der Waals surface area contributed by atoms with Gasteiger partial charge in [-0.2, -0.15) is 5.10 Å². The Morgan fingerprint density at radius 2 is 2.05 bits per heavy atom. The first-order valence-corrected chi connectivity index (χ1v) is 6.28. The molecule has 1 heterocycles. The maximum atomic E-state index is 12.0. The van der Waals surface area contributed by atoms with Crippen LogP contribution in [0.5, 0.6) is 0 Å². The molecule has 1 aromatic rings. The Morgan fingerprint density at radius 1 is 1.47 bits per heavy atom. The van der Waals surface area contributed by atoms with Crippen molar-refractivity contribution in [1.29, 1.82) is 0 Å². The highest BCUT2D eigenvalue weighted by Gasteiger charge is 2.21. The highest BCUT2D eigenvalue weighted by molar-refractivity contribution is 5.91. The van der Waals surface area contributed by atoms with Crippen molar-refractivity contribution in [2.24, 2.45) is 0 Å². The fourth-order valence-electron chi connectivity index (χ4n) is 1.71. The van der Waals surface area contributed by atoms with Gasteiger partial charge in [0.1, 0.15) is 6.04 Å². The normalized spacial score (nSPS) is 12.4. The quantitative estimate of drug-likeness (QED) is 0.713. The predicted octanol–water partition coefficient (Wildman–Crippen LogP) is 1.03. The number of rotatable bonds is 6. The summed E-state index contributed by atoms with van der Waals surface area (Å²) in [5.41, 5.74) is 5.35. The van der Waals surface area contributed by atoms with E-state index < -0.39 is 12.0 Å². The van der Waals surface area contributed by atoms with Gasteiger partial charge in [-0.1, -0.05) is 13.8 Å². The summed E-state index contributed by atoms with van der Waals surface area (Å²) in [5, 5.41) is 15.6. The SMILES string of the molecule is CCC(CC)NC(=O)C(C)n1cc(N)c(C(=O)O)n1. The lowest BCUT2D eigenvalue weighted by molar-refractivity contribution is -0.124. The number of carboxylic acids is 1. The van der Waals surface area contributed by atoms with Crippen LogP contribution in [-0.2, 0) is 4.79 Å². The Kier molecular flexibility index (Phi) is 4.91. The van der Waals surface area contributed by atoms with Crippen molar-refractivity contribution in [3.8, 4) is 0 Å². The molecule has 1 aromatic heterocycles. The topological polar surface area (TPSA) is 110 Å². The molecular weight excluding hydrogens is 248 g/mol. The summed E-state index contributed by atoms with van der Waals surface area (Å²) >= 11 is 0. The average Bonchev–Trinajstić information content (AvgIpc) is 2.76. The second-order valence-electron chi connectivity index (χ2n) is 4.42. The molecule has 1 atom stereocenters. The third-order valence-corrected chi connectivity index (χ3v) is 3.07. The second-order valence-corrected chi connectivity index (χ2v) is 4.42. The van der Waals surface area contributed by atoms with E-state index in [0.717, 1.165) is 12.8 Å². The summed E-state index contributed by atoms with van der Waals surface area (Å²) < 4.78 is 1.27. The van der Waals surface area contributed by atoms with Gasteiger partial charge in [-0.3, -0.25) is 9.48 Å². The van der Waals surface area contributed by atoms with Crippen molar-refractivity contribution in [3.63, 3.8) is 0 Å². The number of nitrogens with one attached hydrogen (secondary N) is 1. The van der Waals surface area contributed by atoms with Gasteiger partial charge in [0.2, 0.25) is 5.91 Å². The van der Waals surface area contributed by atoms with Crippen LogP contribution in [0.4, 0.5) is 5.69 Å². The first-order valence-electron chi connectivity index (χ1n) is 6.28. The predicted molar refractivity (Wildman–Crippen MR) is 70.8 cm³/mol. The number of anilines is 1. The van der Waals surface area contributed by atoms with E-state index in [2.05, 4.69) is 10.4 Å². The maximum absolute atomic E-state index is 12.0. The average molecular weight is 268 g/mol. The van der Waals surface area contributed by atoms with Crippen molar-refractivity contribution >= 4 is 17.6 Å². The summed E-state index contributed by atoms with van der Waals surface area (Å²) in [6.07, 6.45) is 3.05. The Bertz CT molecular complexity index is 466. The maximum Gasteiger partial charge on any atom is 0.358 e. The number of carboxylic acid groups (broad SMARTS) is 1. The van der Waals surface area contributed by atoms with Crippen molar-refractivity contribution < 1.29 is 14.7 Å². The third-order valence-electron chi connectivity index (χ3n) is 3.07. The van der Waals surface area contributed by atoms with E-state index in [1.165, 1.54) is 10.9 Å². The van der Waals surface area contributed by atoms with Crippen molar-refractivity contribution in [3.05, 3.63) is 11.9 Å². The summed E-state index contributed by atoms with van der Waals surface area (Å²) in [4.78, 5) is 22.8. The van der Waals surface area contributed by atoms with E-state index in [4.69, 9.17) is 10.8 Å². The first-order chi connectivity index (χ1) is 8.90. The molecule has 0 aliphatic rings. The first kappa shape index (κ1) is 15.0. The van der Waals surface area contributed by atoms with Gasteiger partial charge >= 0.3 is 5.97 Å². The number of aromatic carboxylic acids is 1. The number of nitrogens with two attached hydrogens (primary N) is 1. The minimum Gasteiger partial charge on any atom is -0.476 e. The molecule has 1 amide bonds. The van der Waals surface area contributed by atoms with Gasteiger partial charge in [0.25, 0.3) is 0 Å². The second kappa shape index (κ2) is 6.21. The van der Waals surface area contributed by atoms with E-state index in [-0.39, 0.29) is 23.3 Å². The molecule has 0 spiro atoms. The molecule has 0 saturated heterocycles. The van der Waals surface area contributed by atoms with Crippen LogP contribution in [-0.4, -0.2) is 32.8 Å². The molecule has 0 bridgehead atoms. The Hall–Kier alpha value is -2.05. The lowest BCUT2D eigenvalue weighted by atomic mass is 10.1. The molecule has 1 unspecified atom stereocenters. The van der Waals surface area contributed by atoms with E-state index >= 15 is 0 Å². The zero-order valence-electron chi connectivity index (χ0n) is 11.4. The van der Waals surface area contributed by atoms with Crippen LogP contribution in [0.25, 0.3) is 0 Å². The molecule has 7 heteroatoms. The van der Waals surface area contributed by atoms with Gasteiger partial charge in [0.15, 0.2) is 5.69 Å². The van der Waals surface area contributed by atoms with E-state index in [9.17, 15) is 9.59 Å². The number of carbonyl (C=O) groups is 2. The molecule has 0 saturated carbocycles. The highest BCUT2D eigenvalue weighted by Crippen LogP contribution is 2.14. The van der Waals surface area contributed by atoms with Crippen molar-refractivity contribution in [2.75, 3.05) is 5.73 Å². The Balaban J connectivity index is 2.82. The Morgan fingerprint density at radius 3 is 2.47 bits per heavy atom. The van der Waals surface area contributed by atoms with Gasteiger partial charge < -0.3 is 16.2 Å². The summed E-state index contributed by atoms with van der Waals surface area (Å²) in [7, 11) is 0. The number of amides is 1. The van der Waals surface area contributed by atoms with Crippen molar-refractivity contribution in [2.45, 2.75) is 45.7 Å². The molecule has 7 nitrogen and oxygen atoms in total. The minimum atomic E-state index is -1.20. The van der Waals surface area contributed by atoms with Crippen LogP contribution in [0.3, 0.4) is 0 Å². The Labute approximate surface area is 111 Å². The van der Waals surface area contributed by atoms with Gasteiger partial charge in [-0.15, -0.1) is 0 Å². The summed E-state index contributed by atoms with van der Waals surface area (Å²) in [6.45, 7) is 5.64. The summed E-state index contributed by atoms with van der Waals surface area (Å²) in [5.74, 6) is -1.41. The number of aromatic nitrogens is 2. The largest absolute Gasteiger partial charge is 0.476 e. The molecule has 0 fully saturated rings. The zero-order valence-corrected chi connectivity index (χ0v) is 11.4. The third kappa shape index (κ3) is 3.46. The molecular formula is C12H20N4O3. The fourth-order valence-corrected chi connectivity index (χ4v) is 1.71. The van der Waals surface area contributed by atoms with Gasteiger partial charge in [-0.05, 0) is 19.8 Å². The molecule has 1 rings (SSSR count). The minimum absolute atomic E-state index is 0.0506. The van der Waals surface area contributed by atoms with E-state index in [1.54, 1.807) is 6.92 Å². The van der Waals surface area contributed by atoms with Crippen LogP contribution >= 0.6 is 0 Å². The fraction of sp³-hybridized carbons (Fsp3) is 0.583. The number of nitrogen functional groups attached to an aromatic ring is 1. The molecule has 19 heavy (non-hydrogen) atoms. The number of hydrogen-bond acceptors (Lipinski definition) is 4. The molecule has 0 aliphatic carbocycles. The number of carbonyl (C=O) groups excluding carboxylic acids is 1. The van der Waals surface area contributed by atoms with Gasteiger partial charge in [0, 0.05) is 12.2 Å². The lowest BCUT2D eigenvalue weighted by Crippen LogP contribution is -2.38. The van der Waals surface area contributed by atoms with Crippen LogP contribution in [0.2, 0.25) is 0 Å². The van der Waals surface area contributed by atoms with Crippen LogP contribution in [0.15, 0.2) is 6.20 Å². The van der Waals surface area contributed by atoms with Crippen LogP contribution < -0.4 is 11.1 Å². The smallest absolute Gasteiger partial charge is 0.358 e. The number of nitrogens with zero attached hydrogens (tertiary/aromatic N) is 2. The molecule has 0 aliphatic heterocycles. The summed E-state index contributed by atoms with van der Waals surface area (Å²) in [6, 6.07) is -0.488. The zero-order chi connectivity index (χ0) is 14.6. The molecule has 0 radical (unpaired) electrons. The van der Waals surface area contributed by atoms with Gasteiger partial charge in [-0.25, -0.2) is 4.79 Å². The van der Waals surface area contributed by atoms with E-state index in [1.807, 2.05) is 13.8 Å². The standard InChI is InChI=1S/C12H20N4O3/c1-4-8(5-2)14-11(17)7(3)16-6-9(13)10(15-16)12(18)19/h6-8H,4-5,13H2,1-3H3,(H,14,17)(H,18,19). The molecule has 106 valence electrons. The lowest BCUT2D eigenvalue weighted by Gasteiger charge is -2.18. The van der Waals surface area contributed by atoms with Crippen molar-refractivity contribution in [1.82, 2.24) is 15.1 Å². The van der Waals surface area contributed by atoms with Gasteiger partial charge in [0.05, 0.1) is 5.69 Å². The monoisotopic (exact) mass is 268 g/mol.